The summed E-state index contributed by atoms with van der Waals surface area (Å²) >= 11 is 0. The van der Waals surface area contributed by atoms with E-state index in [1.54, 1.807) is 30.3 Å². The number of para-hydroxylation sites is 1. The van der Waals surface area contributed by atoms with E-state index in [0.717, 1.165) is 22.0 Å². The summed E-state index contributed by atoms with van der Waals surface area (Å²) in [5.74, 6) is 0.216. The van der Waals surface area contributed by atoms with Crippen molar-refractivity contribution in [3.63, 3.8) is 0 Å². The maximum Gasteiger partial charge on any atom is 0.312 e. The molecule has 1 aromatic heterocycles. The van der Waals surface area contributed by atoms with Crippen LogP contribution in [0.3, 0.4) is 0 Å². The van der Waals surface area contributed by atoms with Crippen LogP contribution >= 0.6 is 0 Å². The number of ether oxygens (including phenoxy) is 3. The zero-order valence-corrected chi connectivity index (χ0v) is 19.1. The van der Waals surface area contributed by atoms with Crippen molar-refractivity contribution in [1.82, 2.24) is 4.57 Å². The van der Waals surface area contributed by atoms with Gasteiger partial charge in [0.25, 0.3) is 0 Å². The Morgan fingerprint density at radius 1 is 1.09 bits per heavy atom. The van der Waals surface area contributed by atoms with E-state index in [4.69, 9.17) is 14.2 Å². The maximum atomic E-state index is 13.3. The normalized spacial score (nSPS) is 17.8. The molecule has 2 aliphatic heterocycles. The number of aromatic nitrogens is 1. The Morgan fingerprint density at radius 3 is 2.74 bits per heavy atom. The molecule has 0 saturated heterocycles. The molecule has 35 heavy (non-hydrogen) atoms. The summed E-state index contributed by atoms with van der Waals surface area (Å²) in [5.41, 5.74) is 3.72. The number of allylic oxidation sites excluding steroid dienone is 1. The SMILES string of the molecule is COc1cc([C@@H]2CC(=O)Oc3ccc4c(c32)O/C(=C\c2cn(C)c3ccccc23)C4=O)ccc1O. The van der Waals surface area contributed by atoms with E-state index < -0.39 is 5.92 Å². The second-order valence-electron chi connectivity index (χ2n) is 8.67. The number of phenolic OH excluding ortho intramolecular Hbond substituents is 1. The highest BCUT2D eigenvalue weighted by Crippen LogP contribution is 2.49. The lowest BCUT2D eigenvalue weighted by Crippen LogP contribution is -2.21. The maximum absolute atomic E-state index is 13.3. The van der Waals surface area contributed by atoms with E-state index in [1.165, 1.54) is 13.2 Å². The molecule has 1 atom stereocenters. The molecule has 4 aromatic rings. The van der Waals surface area contributed by atoms with Gasteiger partial charge in [-0.15, -0.1) is 0 Å². The first kappa shape index (κ1) is 21.0. The van der Waals surface area contributed by atoms with E-state index in [9.17, 15) is 14.7 Å². The fraction of sp³-hybridized carbons (Fsp3) is 0.143. The Bertz CT molecular complexity index is 1580. The number of ketones is 1. The van der Waals surface area contributed by atoms with Gasteiger partial charge in [-0.3, -0.25) is 9.59 Å². The fourth-order valence-electron chi connectivity index (χ4n) is 4.93. The number of methoxy groups -OCH3 is 1. The number of phenols is 1. The van der Waals surface area contributed by atoms with Crippen molar-refractivity contribution in [2.45, 2.75) is 12.3 Å². The van der Waals surface area contributed by atoms with Gasteiger partial charge < -0.3 is 23.9 Å². The van der Waals surface area contributed by atoms with E-state index in [-0.39, 0.29) is 29.7 Å². The van der Waals surface area contributed by atoms with Crippen LogP contribution in [0.15, 0.2) is 66.6 Å². The third-order valence-corrected chi connectivity index (χ3v) is 6.60. The van der Waals surface area contributed by atoms with Crippen molar-refractivity contribution >= 4 is 28.7 Å². The summed E-state index contributed by atoms with van der Waals surface area (Å²) in [4.78, 5) is 25.7. The topological polar surface area (TPSA) is 87.0 Å². The molecule has 0 spiro atoms. The molecule has 0 radical (unpaired) electrons. The molecule has 7 nitrogen and oxygen atoms in total. The first-order chi connectivity index (χ1) is 16.9. The van der Waals surface area contributed by atoms with Crippen LogP contribution < -0.4 is 14.2 Å². The molecule has 6 rings (SSSR count). The highest BCUT2D eigenvalue weighted by atomic mass is 16.5. The van der Waals surface area contributed by atoms with Gasteiger partial charge in [-0.25, -0.2) is 0 Å². The Kier molecular flexibility index (Phi) is 4.67. The van der Waals surface area contributed by atoms with Gasteiger partial charge in [0.05, 0.1) is 19.1 Å². The Hall–Kier alpha value is -4.52. The Labute approximate surface area is 200 Å². The number of hydrogen-bond acceptors (Lipinski definition) is 6. The van der Waals surface area contributed by atoms with Crippen molar-refractivity contribution in [2.75, 3.05) is 7.11 Å². The van der Waals surface area contributed by atoms with Crippen LogP contribution in [0.25, 0.3) is 17.0 Å². The van der Waals surface area contributed by atoms with Gasteiger partial charge in [0.15, 0.2) is 17.3 Å². The molecule has 0 unspecified atom stereocenters. The lowest BCUT2D eigenvalue weighted by atomic mass is 9.84. The first-order valence-electron chi connectivity index (χ1n) is 11.2. The molecular weight excluding hydrogens is 446 g/mol. The van der Waals surface area contributed by atoms with E-state index in [1.807, 2.05) is 42.1 Å². The van der Waals surface area contributed by atoms with Crippen LogP contribution in [0.4, 0.5) is 0 Å². The summed E-state index contributed by atoms with van der Waals surface area (Å²) in [6.07, 6.45) is 3.78. The number of rotatable bonds is 3. The predicted molar refractivity (Wildman–Crippen MR) is 129 cm³/mol. The highest BCUT2D eigenvalue weighted by Gasteiger charge is 2.38. The van der Waals surface area contributed by atoms with Crippen molar-refractivity contribution in [3.05, 3.63) is 88.8 Å². The molecule has 3 heterocycles. The van der Waals surface area contributed by atoms with Crippen LogP contribution in [0.1, 0.15) is 39.4 Å². The second-order valence-corrected chi connectivity index (χ2v) is 8.67. The molecule has 3 aromatic carbocycles. The van der Waals surface area contributed by atoms with Crippen molar-refractivity contribution in [2.24, 2.45) is 7.05 Å². The zero-order valence-electron chi connectivity index (χ0n) is 19.1. The number of aryl methyl sites for hydroxylation is 1. The summed E-state index contributed by atoms with van der Waals surface area (Å²) in [6, 6.07) is 16.2. The fourth-order valence-corrected chi connectivity index (χ4v) is 4.93. The predicted octanol–water partition coefficient (Wildman–Crippen LogP) is 4.95. The van der Waals surface area contributed by atoms with Gasteiger partial charge in [-0.05, 0) is 42.0 Å². The van der Waals surface area contributed by atoms with Crippen LogP contribution in [0.5, 0.6) is 23.0 Å². The molecule has 174 valence electrons. The van der Waals surface area contributed by atoms with Crippen molar-refractivity contribution < 1.29 is 28.9 Å². The summed E-state index contributed by atoms with van der Waals surface area (Å²) < 4.78 is 18.9. The standard InChI is InChI=1S/C28H21NO6/c1-29-14-16(17-5-3-4-6-20(17)29)12-24-27(32)18-8-10-22-26(28(18)35-24)19(13-25(31)34-22)15-7-9-21(30)23(11-15)33-2/h3-12,14,19,30H,13H2,1-2H3/b24-12-/t19-/m0/s1. The van der Waals surface area contributed by atoms with Gasteiger partial charge in [0.1, 0.15) is 11.5 Å². The number of nitrogens with zero attached hydrogens (tertiary/aromatic N) is 1. The smallest absolute Gasteiger partial charge is 0.312 e. The number of fused-ring (bicyclic) bond motifs is 4. The summed E-state index contributed by atoms with van der Waals surface area (Å²) in [7, 11) is 3.42. The van der Waals surface area contributed by atoms with Crippen LogP contribution in [0, 0.1) is 0 Å². The number of hydrogen-bond donors (Lipinski definition) is 1. The van der Waals surface area contributed by atoms with E-state index in [0.29, 0.717) is 28.4 Å². The number of Topliss-reactive ketones (excluding diaryl/α,β-unsaturated/α-hetero) is 1. The van der Waals surface area contributed by atoms with Gasteiger partial charge in [-0.2, -0.15) is 0 Å². The van der Waals surface area contributed by atoms with Crippen LogP contribution in [-0.4, -0.2) is 28.5 Å². The molecule has 2 aliphatic rings. The molecule has 7 heteroatoms. The number of aromatic hydroxyl groups is 1. The Balaban J connectivity index is 1.47. The van der Waals surface area contributed by atoms with E-state index in [2.05, 4.69) is 0 Å². The number of benzene rings is 3. The number of esters is 1. The lowest BCUT2D eigenvalue weighted by molar-refractivity contribution is -0.135. The van der Waals surface area contributed by atoms with Gasteiger partial charge >= 0.3 is 5.97 Å². The van der Waals surface area contributed by atoms with Crippen molar-refractivity contribution in [3.8, 4) is 23.0 Å². The monoisotopic (exact) mass is 467 g/mol. The molecular formula is C28H21NO6. The average molecular weight is 467 g/mol. The van der Waals surface area contributed by atoms with E-state index >= 15 is 0 Å². The number of carbonyl (C=O) groups excluding carboxylic acids is 2. The molecule has 1 N–H and O–H groups in total. The summed E-state index contributed by atoms with van der Waals surface area (Å²) in [5, 5.41) is 11.0. The second kappa shape index (κ2) is 7.77. The molecule has 0 saturated carbocycles. The van der Waals surface area contributed by atoms with Gasteiger partial charge in [0, 0.05) is 41.2 Å². The van der Waals surface area contributed by atoms with Crippen molar-refractivity contribution in [1.29, 1.82) is 0 Å². The first-order valence-corrected chi connectivity index (χ1v) is 11.2. The molecule has 0 amide bonds. The highest BCUT2D eigenvalue weighted by molar-refractivity contribution is 6.15. The summed E-state index contributed by atoms with van der Waals surface area (Å²) in [6.45, 7) is 0. The zero-order chi connectivity index (χ0) is 24.3. The Morgan fingerprint density at radius 2 is 1.91 bits per heavy atom. The minimum atomic E-state index is -0.430. The van der Waals surface area contributed by atoms with Crippen LogP contribution in [-0.2, 0) is 11.8 Å². The largest absolute Gasteiger partial charge is 0.504 e. The lowest BCUT2D eigenvalue weighted by Gasteiger charge is -2.26. The minimum Gasteiger partial charge on any atom is -0.504 e. The molecule has 0 fully saturated rings. The van der Waals surface area contributed by atoms with Gasteiger partial charge in [0.2, 0.25) is 5.78 Å². The minimum absolute atomic E-state index is 0.000106. The van der Waals surface area contributed by atoms with Gasteiger partial charge in [-0.1, -0.05) is 24.3 Å². The third-order valence-electron chi connectivity index (χ3n) is 6.60. The molecule has 0 aliphatic carbocycles. The van der Waals surface area contributed by atoms with Crippen LogP contribution in [0.2, 0.25) is 0 Å². The number of carbonyl (C=O) groups is 2. The molecule has 0 bridgehead atoms. The third kappa shape index (κ3) is 3.27. The average Bonchev–Trinajstić information content (AvgIpc) is 3.35. The quantitative estimate of drug-likeness (QED) is 0.261.